The fraction of sp³-hybridized carbons (Fsp3) is 0.500. The Bertz CT molecular complexity index is 355. The van der Waals surface area contributed by atoms with Crippen molar-refractivity contribution in [1.82, 2.24) is 5.32 Å². The molecule has 1 aromatic carbocycles. The molecule has 0 saturated heterocycles. The second-order valence-electron chi connectivity index (χ2n) is 4.22. The van der Waals surface area contributed by atoms with E-state index in [4.69, 9.17) is 16.3 Å². The summed E-state index contributed by atoms with van der Waals surface area (Å²) in [6.07, 6.45) is 0. The number of rotatable bonds is 5. The van der Waals surface area contributed by atoms with E-state index in [0.29, 0.717) is 12.3 Å². The van der Waals surface area contributed by atoms with E-state index in [9.17, 15) is 4.39 Å². The van der Waals surface area contributed by atoms with Gasteiger partial charge in [0.25, 0.3) is 0 Å². The molecule has 0 aliphatic carbocycles. The van der Waals surface area contributed by atoms with E-state index in [0.717, 1.165) is 6.54 Å². The van der Waals surface area contributed by atoms with Crippen molar-refractivity contribution in [1.29, 1.82) is 0 Å². The third kappa shape index (κ3) is 3.99. The van der Waals surface area contributed by atoms with Crippen LogP contribution in [0.5, 0.6) is 5.75 Å². The number of halogens is 2. The van der Waals surface area contributed by atoms with Crippen LogP contribution in [0, 0.1) is 5.82 Å². The van der Waals surface area contributed by atoms with Gasteiger partial charge in [0.1, 0.15) is 17.2 Å². The van der Waals surface area contributed by atoms with Crippen molar-refractivity contribution in [3.05, 3.63) is 29.0 Å². The van der Waals surface area contributed by atoms with Crippen LogP contribution in [0.4, 0.5) is 4.39 Å². The second kappa shape index (κ2) is 5.51. The van der Waals surface area contributed by atoms with Crippen LogP contribution in [-0.2, 0) is 0 Å². The molecule has 0 aliphatic heterocycles. The van der Waals surface area contributed by atoms with Crippen LogP contribution < -0.4 is 10.1 Å². The van der Waals surface area contributed by atoms with Crippen molar-refractivity contribution in [3.63, 3.8) is 0 Å². The Kier molecular flexibility index (Phi) is 4.56. The second-order valence-corrected chi connectivity index (χ2v) is 4.63. The van der Waals surface area contributed by atoms with Gasteiger partial charge in [-0.15, -0.1) is 0 Å². The van der Waals surface area contributed by atoms with Crippen molar-refractivity contribution in [2.24, 2.45) is 0 Å². The SMILES string of the molecule is CCNCC(C)(C)Oc1ccc(Cl)c(F)c1. The molecule has 0 aromatic heterocycles. The molecule has 0 atom stereocenters. The van der Waals surface area contributed by atoms with Gasteiger partial charge in [-0.3, -0.25) is 0 Å². The molecule has 0 saturated carbocycles. The first-order valence-electron chi connectivity index (χ1n) is 5.29. The highest BCUT2D eigenvalue weighted by molar-refractivity contribution is 6.30. The lowest BCUT2D eigenvalue weighted by molar-refractivity contribution is 0.108. The summed E-state index contributed by atoms with van der Waals surface area (Å²) in [6, 6.07) is 4.46. The quantitative estimate of drug-likeness (QED) is 0.860. The van der Waals surface area contributed by atoms with Gasteiger partial charge in [-0.2, -0.15) is 0 Å². The topological polar surface area (TPSA) is 21.3 Å². The van der Waals surface area contributed by atoms with Gasteiger partial charge >= 0.3 is 0 Å². The summed E-state index contributed by atoms with van der Waals surface area (Å²) < 4.78 is 18.9. The van der Waals surface area contributed by atoms with Gasteiger partial charge in [0, 0.05) is 12.6 Å². The van der Waals surface area contributed by atoms with Crippen LogP contribution in [0.1, 0.15) is 20.8 Å². The van der Waals surface area contributed by atoms with Gasteiger partial charge in [0.2, 0.25) is 0 Å². The molecule has 16 heavy (non-hydrogen) atoms. The van der Waals surface area contributed by atoms with E-state index in [1.807, 2.05) is 20.8 Å². The van der Waals surface area contributed by atoms with Crippen LogP contribution in [0.15, 0.2) is 18.2 Å². The van der Waals surface area contributed by atoms with E-state index in [1.54, 1.807) is 6.07 Å². The number of benzene rings is 1. The molecule has 4 heteroatoms. The molecule has 0 spiro atoms. The number of likely N-dealkylation sites (N-methyl/N-ethyl adjacent to an activating group) is 1. The normalized spacial score (nSPS) is 11.6. The zero-order valence-corrected chi connectivity index (χ0v) is 10.6. The van der Waals surface area contributed by atoms with Crippen LogP contribution in [0.2, 0.25) is 5.02 Å². The summed E-state index contributed by atoms with van der Waals surface area (Å²) in [5.74, 6) is 0.0308. The van der Waals surface area contributed by atoms with E-state index in [-0.39, 0.29) is 10.6 Å². The van der Waals surface area contributed by atoms with Gasteiger partial charge in [-0.25, -0.2) is 4.39 Å². The van der Waals surface area contributed by atoms with Gasteiger partial charge in [0.05, 0.1) is 5.02 Å². The summed E-state index contributed by atoms with van der Waals surface area (Å²) in [5, 5.41) is 3.30. The Morgan fingerprint density at radius 1 is 1.44 bits per heavy atom. The highest BCUT2D eigenvalue weighted by Gasteiger charge is 2.19. The molecule has 0 unspecified atom stereocenters. The molecule has 0 heterocycles. The van der Waals surface area contributed by atoms with Crippen molar-refractivity contribution in [2.45, 2.75) is 26.4 Å². The summed E-state index contributed by atoms with van der Waals surface area (Å²) in [7, 11) is 0. The van der Waals surface area contributed by atoms with Crippen LogP contribution >= 0.6 is 11.6 Å². The summed E-state index contributed by atoms with van der Waals surface area (Å²) in [5.41, 5.74) is -0.379. The number of nitrogens with one attached hydrogen (secondary N) is 1. The lowest BCUT2D eigenvalue weighted by Gasteiger charge is -2.26. The zero-order chi connectivity index (χ0) is 12.2. The lowest BCUT2D eigenvalue weighted by Crippen LogP contribution is -2.40. The monoisotopic (exact) mass is 245 g/mol. The van der Waals surface area contributed by atoms with Crippen molar-refractivity contribution < 1.29 is 9.13 Å². The third-order valence-corrected chi connectivity index (χ3v) is 2.39. The molecule has 1 N–H and O–H groups in total. The van der Waals surface area contributed by atoms with Gasteiger partial charge in [-0.05, 0) is 32.5 Å². The minimum Gasteiger partial charge on any atom is -0.486 e. The Morgan fingerprint density at radius 2 is 2.12 bits per heavy atom. The maximum absolute atomic E-state index is 13.2. The highest BCUT2D eigenvalue weighted by Crippen LogP contribution is 2.23. The van der Waals surface area contributed by atoms with Gasteiger partial charge < -0.3 is 10.1 Å². The smallest absolute Gasteiger partial charge is 0.145 e. The fourth-order valence-corrected chi connectivity index (χ4v) is 1.44. The molecule has 1 rings (SSSR count). The molecule has 2 nitrogen and oxygen atoms in total. The molecule has 90 valence electrons. The van der Waals surface area contributed by atoms with E-state index < -0.39 is 5.82 Å². The Labute approximate surface area is 101 Å². The van der Waals surface area contributed by atoms with E-state index in [2.05, 4.69) is 5.32 Å². The molecule has 0 bridgehead atoms. The number of ether oxygens (including phenoxy) is 1. The third-order valence-electron chi connectivity index (χ3n) is 2.09. The fourth-order valence-electron chi connectivity index (χ4n) is 1.32. The first kappa shape index (κ1) is 13.3. The molecule has 0 radical (unpaired) electrons. The molecular weight excluding hydrogens is 229 g/mol. The predicted octanol–water partition coefficient (Wildman–Crippen LogP) is 3.25. The van der Waals surface area contributed by atoms with Gasteiger partial charge in [0.15, 0.2) is 0 Å². The average molecular weight is 246 g/mol. The van der Waals surface area contributed by atoms with Crippen molar-refractivity contribution in [2.75, 3.05) is 13.1 Å². The van der Waals surface area contributed by atoms with Crippen molar-refractivity contribution in [3.8, 4) is 5.75 Å². The summed E-state index contributed by atoms with van der Waals surface area (Å²) in [6.45, 7) is 7.50. The molecule has 1 aromatic rings. The van der Waals surface area contributed by atoms with E-state index in [1.165, 1.54) is 12.1 Å². The number of hydrogen-bond donors (Lipinski definition) is 1. The maximum Gasteiger partial charge on any atom is 0.145 e. The van der Waals surface area contributed by atoms with Gasteiger partial charge in [-0.1, -0.05) is 18.5 Å². The minimum atomic E-state index is -0.460. The van der Waals surface area contributed by atoms with Crippen LogP contribution in [0.25, 0.3) is 0 Å². The lowest BCUT2D eigenvalue weighted by atomic mass is 10.1. The largest absolute Gasteiger partial charge is 0.486 e. The Balaban J connectivity index is 2.68. The molecule has 0 amide bonds. The summed E-state index contributed by atoms with van der Waals surface area (Å²) in [4.78, 5) is 0. The van der Waals surface area contributed by atoms with Crippen molar-refractivity contribution >= 4 is 11.6 Å². The first-order valence-corrected chi connectivity index (χ1v) is 5.67. The first-order chi connectivity index (χ1) is 7.44. The molecule has 0 aliphatic rings. The zero-order valence-electron chi connectivity index (χ0n) is 9.81. The van der Waals surface area contributed by atoms with E-state index >= 15 is 0 Å². The maximum atomic E-state index is 13.2. The Morgan fingerprint density at radius 3 is 2.69 bits per heavy atom. The average Bonchev–Trinajstić information content (AvgIpc) is 2.20. The predicted molar refractivity (Wildman–Crippen MR) is 64.7 cm³/mol. The summed E-state index contributed by atoms with van der Waals surface area (Å²) >= 11 is 5.59. The number of hydrogen-bond acceptors (Lipinski definition) is 2. The Hall–Kier alpha value is -0.800. The minimum absolute atomic E-state index is 0.108. The standard InChI is InChI=1S/C12H17ClFNO/c1-4-15-8-12(2,3)16-9-5-6-10(13)11(14)7-9/h5-7,15H,4,8H2,1-3H3. The molecular formula is C12H17ClFNO. The van der Waals surface area contributed by atoms with Crippen LogP contribution in [0.3, 0.4) is 0 Å². The van der Waals surface area contributed by atoms with Crippen LogP contribution in [-0.4, -0.2) is 18.7 Å². The molecule has 0 fully saturated rings. The highest BCUT2D eigenvalue weighted by atomic mass is 35.5.